The fraction of sp³-hybridized carbons (Fsp3) is 0.278. The first kappa shape index (κ1) is 15.7. The normalized spacial score (nSPS) is 14.3. The number of sulfone groups is 1. The molecule has 2 aromatic carbocycles. The van der Waals surface area contributed by atoms with Gasteiger partial charge in [0.2, 0.25) is 9.84 Å². The molecule has 0 saturated heterocycles. The Bertz CT molecular complexity index is 882. The summed E-state index contributed by atoms with van der Waals surface area (Å²) in [5, 5.41) is 8.72. The molecule has 1 aliphatic heterocycles. The maximum atomic E-state index is 12.6. The minimum atomic E-state index is -3.43. The summed E-state index contributed by atoms with van der Waals surface area (Å²) in [6.07, 6.45) is 2.14. The van der Waals surface area contributed by atoms with Gasteiger partial charge in [0.05, 0.1) is 9.79 Å². The van der Waals surface area contributed by atoms with E-state index < -0.39 is 15.8 Å². The average molecular weight is 330 g/mol. The van der Waals surface area contributed by atoms with Gasteiger partial charge in [-0.05, 0) is 54.7 Å². The lowest BCUT2D eigenvalue weighted by atomic mass is 9.98. The molecular formula is C18H18O4S. The first-order valence-electron chi connectivity index (χ1n) is 7.66. The number of hydrogen-bond acceptors (Lipinski definition) is 3. The fourth-order valence-electron chi connectivity index (χ4n) is 2.98. The third kappa shape index (κ3) is 2.77. The van der Waals surface area contributed by atoms with E-state index in [4.69, 9.17) is 5.11 Å². The summed E-state index contributed by atoms with van der Waals surface area (Å²) in [7, 11) is -3.43. The summed E-state index contributed by atoms with van der Waals surface area (Å²) in [5.41, 5.74) is 3.57. The second-order valence-corrected chi connectivity index (χ2v) is 7.65. The number of aliphatic carboxylic acids is 1. The average Bonchev–Trinajstić information content (AvgIpc) is 2.74. The minimum absolute atomic E-state index is 0.117. The molecule has 1 heterocycles. The zero-order valence-electron chi connectivity index (χ0n) is 12.9. The predicted molar refractivity (Wildman–Crippen MR) is 87.3 cm³/mol. The van der Waals surface area contributed by atoms with Crippen molar-refractivity contribution in [1.29, 1.82) is 0 Å². The Morgan fingerprint density at radius 2 is 1.57 bits per heavy atom. The maximum Gasteiger partial charge on any atom is 0.303 e. The molecule has 0 bridgehead atoms. The molecule has 23 heavy (non-hydrogen) atoms. The van der Waals surface area contributed by atoms with Crippen molar-refractivity contribution in [3.8, 4) is 11.1 Å². The number of aryl methyl sites for hydroxylation is 2. The number of carbonyl (C=O) groups is 1. The van der Waals surface area contributed by atoms with Crippen LogP contribution in [0.4, 0.5) is 0 Å². The first-order chi connectivity index (χ1) is 10.9. The van der Waals surface area contributed by atoms with Gasteiger partial charge in [-0.25, -0.2) is 8.42 Å². The summed E-state index contributed by atoms with van der Waals surface area (Å²) < 4.78 is 25.2. The number of hydrogen-bond donors (Lipinski definition) is 1. The van der Waals surface area contributed by atoms with Gasteiger partial charge < -0.3 is 5.11 Å². The van der Waals surface area contributed by atoms with Gasteiger partial charge in [0.1, 0.15) is 0 Å². The second-order valence-electron chi connectivity index (χ2n) is 5.77. The zero-order valence-corrected chi connectivity index (χ0v) is 13.7. The monoisotopic (exact) mass is 330 g/mol. The van der Waals surface area contributed by atoms with Crippen molar-refractivity contribution >= 4 is 15.8 Å². The molecule has 0 atom stereocenters. The molecule has 0 aliphatic carbocycles. The number of benzene rings is 2. The zero-order chi connectivity index (χ0) is 16.6. The van der Waals surface area contributed by atoms with Gasteiger partial charge in [-0.15, -0.1) is 0 Å². The molecule has 0 aromatic heterocycles. The largest absolute Gasteiger partial charge is 0.481 e. The molecule has 1 N–H and O–H groups in total. The van der Waals surface area contributed by atoms with E-state index in [1.807, 2.05) is 25.1 Å². The SMILES string of the molecule is CCc1ccc2c(c1)-c1cc(CCCC(=O)O)ccc1S2(=O)=O. The minimum Gasteiger partial charge on any atom is -0.481 e. The molecule has 0 amide bonds. The summed E-state index contributed by atoms with van der Waals surface area (Å²) in [5.74, 6) is -0.813. The van der Waals surface area contributed by atoms with Crippen molar-refractivity contribution in [2.24, 2.45) is 0 Å². The van der Waals surface area contributed by atoms with Crippen LogP contribution < -0.4 is 0 Å². The smallest absolute Gasteiger partial charge is 0.303 e. The molecule has 120 valence electrons. The molecular weight excluding hydrogens is 312 g/mol. The Balaban J connectivity index is 2.03. The van der Waals surface area contributed by atoms with Crippen LogP contribution in [0.1, 0.15) is 30.9 Å². The Labute approximate surface area is 135 Å². The Morgan fingerprint density at radius 3 is 2.13 bits per heavy atom. The molecule has 0 fully saturated rings. The molecule has 1 aliphatic rings. The van der Waals surface area contributed by atoms with E-state index in [0.29, 0.717) is 22.6 Å². The highest BCUT2D eigenvalue weighted by molar-refractivity contribution is 7.92. The van der Waals surface area contributed by atoms with Crippen molar-refractivity contribution in [1.82, 2.24) is 0 Å². The highest BCUT2D eigenvalue weighted by atomic mass is 32.2. The van der Waals surface area contributed by atoms with Gasteiger partial charge >= 0.3 is 5.97 Å². The van der Waals surface area contributed by atoms with E-state index in [1.54, 1.807) is 18.2 Å². The van der Waals surface area contributed by atoms with E-state index >= 15 is 0 Å². The topological polar surface area (TPSA) is 71.4 Å². The molecule has 0 spiro atoms. The Morgan fingerprint density at radius 1 is 1.00 bits per heavy atom. The third-order valence-corrected chi connectivity index (χ3v) is 6.09. The van der Waals surface area contributed by atoms with E-state index in [1.165, 1.54) is 0 Å². The molecule has 3 rings (SSSR count). The van der Waals surface area contributed by atoms with Crippen LogP contribution >= 0.6 is 0 Å². The van der Waals surface area contributed by atoms with E-state index in [0.717, 1.165) is 28.7 Å². The van der Waals surface area contributed by atoms with Gasteiger partial charge in [-0.2, -0.15) is 0 Å². The molecule has 5 heteroatoms. The third-order valence-electron chi connectivity index (χ3n) is 4.22. The van der Waals surface area contributed by atoms with Crippen LogP contribution in [-0.2, 0) is 27.5 Å². The highest BCUT2D eigenvalue weighted by Gasteiger charge is 2.32. The van der Waals surface area contributed by atoms with Crippen LogP contribution in [0.3, 0.4) is 0 Å². The number of rotatable bonds is 5. The van der Waals surface area contributed by atoms with Gasteiger partial charge in [-0.3, -0.25) is 4.79 Å². The Kier molecular flexibility index (Phi) is 3.98. The lowest BCUT2D eigenvalue weighted by Gasteiger charge is -2.05. The predicted octanol–water partition coefficient (Wildman–Crippen LogP) is 3.47. The number of carboxylic acids is 1. The molecule has 2 aromatic rings. The van der Waals surface area contributed by atoms with Crippen LogP contribution in [0.5, 0.6) is 0 Å². The van der Waals surface area contributed by atoms with Gasteiger partial charge in [0.15, 0.2) is 0 Å². The van der Waals surface area contributed by atoms with Crippen molar-refractivity contribution in [3.05, 3.63) is 47.5 Å². The van der Waals surface area contributed by atoms with Crippen LogP contribution in [0.2, 0.25) is 0 Å². The lowest BCUT2D eigenvalue weighted by molar-refractivity contribution is -0.137. The number of fused-ring (bicyclic) bond motifs is 3. The second kappa shape index (κ2) is 5.81. The summed E-state index contributed by atoms with van der Waals surface area (Å²) in [4.78, 5) is 11.3. The quantitative estimate of drug-likeness (QED) is 0.777. The lowest BCUT2D eigenvalue weighted by Crippen LogP contribution is -1.98. The van der Waals surface area contributed by atoms with Crippen molar-refractivity contribution in [2.75, 3.05) is 0 Å². The maximum absolute atomic E-state index is 12.6. The van der Waals surface area contributed by atoms with E-state index in [-0.39, 0.29) is 6.42 Å². The fourth-order valence-corrected chi connectivity index (χ4v) is 4.63. The number of carboxylic acid groups (broad SMARTS) is 1. The Hall–Kier alpha value is -2.14. The molecule has 0 saturated carbocycles. The molecule has 4 nitrogen and oxygen atoms in total. The van der Waals surface area contributed by atoms with Gasteiger partial charge in [0.25, 0.3) is 0 Å². The molecule has 0 radical (unpaired) electrons. The standard InChI is InChI=1S/C18H18O4S/c1-2-12-6-8-16-14(10-12)15-11-13(4-3-5-18(19)20)7-9-17(15)23(16,21)22/h6-11H,2-5H2,1H3,(H,19,20). The van der Waals surface area contributed by atoms with Gasteiger partial charge in [0, 0.05) is 17.5 Å². The van der Waals surface area contributed by atoms with Crippen molar-refractivity contribution < 1.29 is 18.3 Å². The van der Waals surface area contributed by atoms with E-state index in [2.05, 4.69) is 0 Å². The van der Waals surface area contributed by atoms with Crippen LogP contribution in [0.25, 0.3) is 11.1 Å². The van der Waals surface area contributed by atoms with Crippen LogP contribution in [-0.4, -0.2) is 19.5 Å². The van der Waals surface area contributed by atoms with Crippen molar-refractivity contribution in [2.45, 2.75) is 42.4 Å². The van der Waals surface area contributed by atoms with Crippen LogP contribution in [0.15, 0.2) is 46.2 Å². The van der Waals surface area contributed by atoms with Crippen molar-refractivity contribution in [3.63, 3.8) is 0 Å². The highest BCUT2D eigenvalue weighted by Crippen LogP contribution is 2.44. The molecule has 0 unspecified atom stereocenters. The summed E-state index contributed by atoms with van der Waals surface area (Å²) in [6, 6.07) is 10.8. The summed E-state index contributed by atoms with van der Waals surface area (Å²) in [6.45, 7) is 2.04. The van der Waals surface area contributed by atoms with E-state index in [9.17, 15) is 13.2 Å². The van der Waals surface area contributed by atoms with Gasteiger partial charge in [-0.1, -0.05) is 19.1 Å². The van der Waals surface area contributed by atoms with Crippen LogP contribution in [0, 0.1) is 0 Å². The summed E-state index contributed by atoms with van der Waals surface area (Å²) >= 11 is 0. The first-order valence-corrected chi connectivity index (χ1v) is 9.15.